The van der Waals surface area contributed by atoms with Crippen LogP contribution < -0.4 is 15.0 Å². The first-order valence-electron chi connectivity index (χ1n) is 15.1. The fourth-order valence-corrected chi connectivity index (χ4v) is 5.89. The maximum atomic E-state index is 14.1. The summed E-state index contributed by atoms with van der Waals surface area (Å²) in [6.45, 7) is 5.12. The molecular weight excluding hydrogens is 512 g/mol. The molecule has 1 amide bonds. The van der Waals surface area contributed by atoms with Crippen LogP contribution in [0.1, 0.15) is 75.0 Å². The Balaban J connectivity index is 1.36. The first-order valence-corrected chi connectivity index (χ1v) is 15.1. The van der Waals surface area contributed by atoms with Crippen molar-refractivity contribution in [2.24, 2.45) is 5.92 Å². The number of hydrogen-bond donors (Lipinski definition) is 1. The SMILES string of the molecule is CC(C)c1ccc(CN2C(=O)C(N[C@@H](CC3CCCCC3)C(=O)OCc3ccccc3)COc3ccccc32)cc1. The van der Waals surface area contributed by atoms with Gasteiger partial charge in [0, 0.05) is 0 Å². The first-order chi connectivity index (χ1) is 20.0. The van der Waals surface area contributed by atoms with Crippen LogP contribution >= 0.6 is 0 Å². The highest BCUT2D eigenvalue weighted by atomic mass is 16.5. The summed E-state index contributed by atoms with van der Waals surface area (Å²) < 4.78 is 12.0. The second-order valence-corrected chi connectivity index (χ2v) is 11.7. The maximum Gasteiger partial charge on any atom is 0.323 e. The van der Waals surface area contributed by atoms with Crippen LogP contribution in [-0.2, 0) is 27.5 Å². The van der Waals surface area contributed by atoms with Gasteiger partial charge >= 0.3 is 5.97 Å². The fraction of sp³-hybridized carbons (Fsp3) is 0.429. The van der Waals surface area contributed by atoms with Crippen LogP contribution in [0.15, 0.2) is 78.9 Å². The number of benzene rings is 3. The van der Waals surface area contributed by atoms with E-state index in [1.807, 2.05) is 54.6 Å². The van der Waals surface area contributed by atoms with E-state index < -0.39 is 12.1 Å². The molecule has 216 valence electrons. The molecule has 6 heteroatoms. The topological polar surface area (TPSA) is 67.9 Å². The number of fused-ring (bicyclic) bond motifs is 1. The molecule has 0 spiro atoms. The van der Waals surface area contributed by atoms with Crippen molar-refractivity contribution in [3.05, 3.63) is 95.6 Å². The van der Waals surface area contributed by atoms with Crippen LogP contribution in [0, 0.1) is 5.92 Å². The highest BCUT2D eigenvalue weighted by molar-refractivity contribution is 5.99. The Morgan fingerprint density at radius 2 is 1.63 bits per heavy atom. The normalized spacial score (nSPS) is 18.4. The summed E-state index contributed by atoms with van der Waals surface area (Å²) in [6, 6.07) is 24.5. The Kier molecular flexibility index (Phi) is 9.73. The molecule has 0 bridgehead atoms. The Labute approximate surface area is 244 Å². The lowest BCUT2D eigenvalue weighted by Crippen LogP contribution is -2.54. The van der Waals surface area contributed by atoms with E-state index in [0.29, 0.717) is 30.6 Å². The molecule has 1 unspecified atom stereocenters. The minimum absolute atomic E-state index is 0.104. The van der Waals surface area contributed by atoms with Crippen molar-refractivity contribution in [3.8, 4) is 5.75 Å². The van der Waals surface area contributed by atoms with Crippen molar-refractivity contribution in [1.29, 1.82) is 0 Å². The summed E-state index contributed by atoms with van der Waals surface area (Å²) >= 11 is 0. The Morgan fingerprint density at radius 1 is 0.927 bits per heavy atom. The van der Waals surface area contributed by atoms with Crippen molar-refractivity contribution < 1.29 is 19.1 Å². The van der Waals surface area contributed by atoms with Gasteiger partial charge in [-0.25, -0.2) is 0 Å². The van der Waals surface area contributed by atoms with Crippen molar-refractivity contribution >= 4 is 17.6 Å². The van der Waals surface area contributed by atoms with Crippen molar-refractivity contribution in [2.75, 3.05) is 11.5 Å². The van der Waals surface area contributed by atoms with Gasteiger partial charge < -0.3 is 14.4 Å². The van der Waals surface area contributed by atoms with Gasteiger partial charge in [-0.15, -0.1) is 0 Å². The molecule has 0 radical (unpaired) electrons. The van der Waals surface area contributed by atoms with Crippen LogP contribution in [0.2, 0.25) is 0 Å². The van der Waals surface area contributed by atoms with E-state index in [4.69, 9.17) is 9.47 Å². The molecule has 0 saturated heterocycles. The van der Waals surface area contributed by atoms with E-state index in [0.717, 1.165) is 29.7 Å². The van der Waals surface area contributed by atoms with Gasteiger partial charge in [-0.2, -0.15) is 0 Å². The molecule has 1 fully saturated rings. The minimum Gasteiger partial charge on any atom is -0.489 e. The Bertz CT molecular complexity index is 1290. The molecule has 1 N–H and O–H groups in total. The number of nitrogens with one attached hydrogen (secondary N) is 1. The summed E-state index contributed by atoms with van der Waals surface area (Å²) in [6.07, 6.45) is 6.46. The average molecular weight is 555 g/mol. The summed E-state index contributed by atoms with van der Waals surface area (Å²) in [5.74, 6) is 1.12. The van der Waals surface area contributed by atoms with Crippen LogP contribution in [0.4, 0.5) is 5.69 Å². The highest BCUT2D eigenvalue weighted by Crippen LogP contribution is 2.33. The third-order valence-electron chi connectivity index (χ3n) is 8.32. The van der Waals surface area contributed by atoms with Gasteiger partial charge in [0.15, 0.2) is 0 Å². The lowest BCUT2D eigenvalue weighted by molar-refractivity contribution is -0.148. The van der Waals surface area contributed by atoms with Gasteiger partial charge in [0.1, 0.15) is 31.0 Å². The van der Waals surface area contributed by atoms with E-state index in [1.54, 1.807) is 4.90 Å². The Hall–Kier alpha value is -3.64. The number of rotatable bonds is 10. The van der Waals surface area contributed by atoms with Crippen molar-refractivity contribution in [3.63, 3.8) is 0 Å². The van der Waals surface area contributed by atoms with Gasteiger partial charge in [-0.05, 0) is 47.1 Å². The zero-order chi connectivity index (χ0) is 28.6. The summed E-state index contributed by atoms with van der Waals surface area (Å²) in [7, 11) is 0. The molecule has 1 aliphatic heterocycles. The average Bonchev–Trinajstić information content (AvgIpc) is 3.13. The molecule has 1 aliphatic carbocycles. The zero-order valence-electron chi connectivity index (χ0n) is 24.3. The van der Waals surface area contributed by atoms with Gasteiger partial charge in [0.2, 0.25) is 5.91 Å². The largest absolute Gasteiger partial charge is 0.489 e. The molecule has 5 rings (SSSR count). The van der Waals surface area contributed by atoms with E-state index >= 15 is 0 Å². The number of carbonyl (C=O) groups excluding carboxylic acids is 2. The predicted molar refractivity (Wildman–Crippen MR) is 162 cm³/mol. The van der Waals surface area contributed by atoms with Gasteiger partial charge in [-0.3, -0.25) is 14.9 Å². The second-order valence-electron chi connectivity index (χ2n) is 11.7. The van der Waals surface area contributed by atoms with Crippen LogP contribution in [-0.4, -0.2) is 30.6 Å². The molecule has 3 aromatic rings. The van der Waals surface area contributed by atoms with Crippen LogP contribution in [0.3, 0.4) is 0 Å². The standard InChI is InChI=1S/C35H42N2O4/c1-25(2)29-19-17-27(18-20-29)22-37-32-15-9-10-16-33(32)40-24-31(34(37)38)36-30(21-26-11-5-3-6-12-26)35(39)41-23-28-13-7-4-8-14-28/h4,7-10,13-20,25-26,30-31,36H,3,5-6,11-12,21-24H2,1-2H3/t30-,31?/m0/s1. The Morgan fingerprint density at radius 3 is 2.37 bits per heavy atom. The predicted octanol–water partition coefficient (Wildman–Crippen LogP) is 6.78. The number of esters is 1. The van der Waals surface area contributed by atoms with Gasteiger partial charge in [0.05, 0.1) is 12.2 Å². The maximum absolute atomic E-state index is 14.1. The van der Waals surface area contributed by atoms with Crippen molar-refractivity contribution in [1.82, 2.24) is 5.32 Å². The number of para-hydroxylation sites is 2. The van der Waals surface area contributed by atoms with Gasteiger partial charge in [0.25, 0.3) is 0 Å². The lowest BCUT2D eigenvalue weighted by atomic mass is 9.84. The second kappa shape index (κ2) is 13.8. The van der Waals surface area contributed by atoms with Crippen LogP contribution in [0.5, 0.6) is 5.75 Å². The smallest absolute Gasteiger partial charge is 0.323 e. The summed E-state index contributed by atoms with van der Waals surface area (Å²) in [5.41, 5.74) is 3.99. The molecule has 3 aromatic carbocycles. The number of amides is 1. The monoisotopic (exact) mass is 554 g/mol. The van der Waals surface area contributed by atoms with Crippen molar-refractivity contribution in [2.45, 2.75) is 83.5 Å². The molecule has 6 nitrogen and oxygen atoms in total. The molecule has 2 aliphatic rings. The number of hydrogen-bond acceptors (Lipinski definition) is 5. The van der Waals surface area contributed by atoms with Gasteiger partial charge in [-0.1, -0.05) is 113 Å². The summed E-state index contributed by atoms with van der Waals surface area (Å²) in [5, 5.41) is 3.41. The highest BCUT2D eigenvalue weighted by Gasteiger charge is 2.36. The molecule has 2 atom stereocenters. The number of anilines is 1. The molecule has 1 heterocycles. The number of carbonyl (C=O) groups is 2. The third-order valence-corrected chi connectivity index (χ3v) is 8.32. The van der Waals surface area contributed by atoms with E-state index in [2.05, 4.69) is 43.4 Å². The third kappa shape index (κ3) is 7.56. The van der Waals surface area contributed by atoms with Crippen LogP contribution in [0.25, 0.3) is 0 Å². The van der Waals surface area contributed by atoms with E-state index in [1.165, 1.54) is 24.8 Å². The zero-order valence-corrected chi connectivity index (χ0v) is 24.3. The molecule has 1 saturated carbocycles. The molecule has 41 heavy (non-hydrogen) atoms. The number of ether oxygens (including phenoxy) is 2. The fourth-order valence-electron chi connectivity index (χ4n) is 5.89. The minimum atomic E-state index is -0.685. The number of nitrogens with zero attached hydrogens (tertiary/aromatic N) is 1. The summed E-state index contributed by atoms with van der Waals surface area (Å²) in [4.78, 5) is 29.4. The lowest BCUT2D eigenvalue weighted by Gasteiger charge is -2.30. The van der Waals surface area contributed by atoms with E-state index in [9.17, 15) is 9.59 Å². The molecular formula is C35H42N2O4. The molecule has 0 aromatic heterocycles. The van der Waals surface area contributed by atoms with E-state index in [-0.39, 0.29) is 25.1 Å². The quantitative estimate of drug-likeness (QED) is 0.280. The first kappa shape index (κ1) is 28.9.